The molecule has 2 aromatic heterocycles. The molecule has 4 rings (SSSR count). The summed E-state index contributed by atoms with van der Waals surface area (Å²) >= 11 is 0. The molecule has 1 aliphatic rings. The molecule has 7 nitrogen and oxygen atoms in total. The molecule has 174 valence electrons. The fourth-order valence-electron chi connectivity index (χ4n) is 4.66. The summed E-state index contributed by atoms with van der Waals surface area (Å²) in [4.78, 5) is 16.4. The zero-order valence-corrected chi connectivity index (χ0v) is 18.4. The summed E-state index contributed by atoms with van der Waals surface area (Å²) in [6.07, 6.45) is 0.672. The Hall–Kier alpha value is -3.32. The van der Waals surface area contributed by atoms with E-state index in [2.05, 4.69) is 21.5 Å². The summed E-state index contributed by atoms with van der Waals surface area (Å²) in [5.74, 6) is 0.112. The molecule has 1 saturated carbocycles. The maximum Gasteiger partial charge on any atom is 0.408 e. The lowest BCUT2D eigenvalue weighted by Crippen LogP contribution is -2.33. The Bertz CT molecular complexity index is 1220. The van der Waals surface area contributed by atoms with Gasteiger partial charge in [-0.15, -0.1) is 0 Å². The van der Waals surface area contributed by atoms with Crippen LogP contribution in [0.2, 0.25) is 0 Å². The molecule has 0 aliphatic heterocycles. The number of pyridine rings is 1. The maximum atomic E-state index is 13.4. The van der Waals surface area contributed by atoms with Crippen molar-refractivity contribution in [3.05, 3.63) is 52.4 Å². The van der Waals surface area contributed by atoms with Crippen LogP contribution in [0.3, 0.4) is 0 Å². The number of nitrogens with zero attached hydrogens (tertiary/aromatic N) is 4. The number of hydrogen-bond donors (Lipinski definition) is 2. The van der Waals surface area contributed by atoms with Crippen LogP contribution < -0.4 is 10.9 Å². The molecule has 3 atom stereocenters. The van der Waals surface area contributed by atoms with Crippen LogP contribution in [0.25, 0.3) is 10.9 Å². The molecule has 0 radical (unpaired) electrons. The van der Waals surface area contributed by atoms with Crippen molar-refractivity contribution in [2.45, 2.75) is 43.9 Å². The Morgan fingerprint density at radius 1 is 1.21 bits per heavy atom. The van der Waals surface area contributed by atoms with Gasteiger partial charge >= 0.3 is 6.18 Å². The molecule has 1 fully saturated rings. The van der Waals surface area contributed by atoms with E-state index in [1.807, 2.05) is 0 Å². The Kier molecular flexibility index (Phi) is 6.17. The average Bonchev–Trinajstić information content (AvgIpc) is 3.13. The molecule has 2 N–H and O–H groups in total. The summed E-state index contributed by atoms with van der Waals surface area (Å²) in [6, 6.07) is 8.17. The van der Waals surface area contributed by atoms with E-state index >= 15 is 0 Å². The average molecular weight is 458 g/mol. The molecule has 0 spiro atoms. The summed E-state index contributed by atoms with van der Waals surface area (Å²) in [5.41, 5.74) is 0.917. The second-order valence-corrected chi connectivity index (χ2v) is 8.60. The Morgan fingerprint density at radius 2 is 1.91 bits per heavy atom. The second-order valence-electron chi connectivity index (χ2n) is 8.60. The predicted molar refractivity (Wildman–Crippen MR) is 119 cm³/mol. The lowest BCUT2D eigenvalue weighted by Gasteiger charge is -2.27. The van der Waals surface area contributed by atoms with E-state index in [-0.39, 0.29) is 23.1 Å². The van der Waals surface area contributed by atoms with Crippen molar-refractivity contribution < 1.29 is 13.2 Å². The Morgan fingerprint density at radius 3 is 2.55 bits per heavy atom. The number of halogens is 3. The molecular weight excluding hydrogens is 433 g/mol. The zero-order valence-electron chi connectivity index (χ0n) is 18.4. The second kappa shape index (κ2) is 8.90. The van der Waals surface area contributed by atoms with Crippen LogP contribution >= 0.6 is 0 Å². The Labute approximate surface area is 188 Å². The number of nitriles is 1. The van der Waals surface area contributed by atoms with Crippen molar-refractivity contribution in [1.82, 2.24) is 19.7 Å². The van der Waals surface area contributed by atoms with Crippen LogP contribution in [0.4, 0.5) is 24.7 Å². The summed E-state index contributed by atoms with van der Waals surface area (Å²) in [6.45, 7) is 0. The minimum atomic E-state index is -4.40. The quantitative estimate of drug-likeness (QED) is 0.568. The molecule has 0 saturated heterocycles. The summed E-state index contributed by atoms with van der Waals surface area (Å²) in [7, 11) is 2.77. The number of anilines is 2. The number of fused-ring (bicyclic) bond motifs is 1. The molecule has 0 bridgehead atoms. The van der Waals surface area contributed by atoms with Gasteiger partial charge in [-0.2, -0.15) is 23.5 Å². The standard InChI is InChI=1S/C23H25F3N6O/c1-31(2)20(23(24,25)26)14-7-9-16(10-8-14)29-21-19-18(11-12-28-22(19)33)32(30-21)17-6-4-3-5-15(17)13-27/h7-12,15,17,20H,3-6H2,1-2H3,(H,28,33)(H,29,30)/t15-,17+,20-/m1/s1. The first-order valence-corrected chi connectivity index (χ1v) is 10.8. The first kappa shape index (κ1) is 22.9. The number of nitrogens with one attached hydrogen (secondary N) is 2. The highest BCUT2D eigenvalue weighted by Crippen LogP contribution is 2.38. The highest BCUT2D eigenvalue weighted by Gasteiger charge is 2.42. The third-order valence-electron chi connectivity index (χ3n) is 6.16. The number of aromatic nitrogens is 3. The van der Waals surface area contributed by atoms with Gasteiger partial charge < -0.3 is 10.3 Å². The number of rotatable bonds is 5. The number of alkyl halides is 3. The van der Waals surface area contributed by atoms with Gasteiger partial charge in [-0.1, -0.05) is 25.0 Å². The van der Waals surface area contributed by atoms with E-state index < -0.39 is 12.2 Å². The number of H-pyrrole nitrogens is 1. The largest absolute Gasteiger partial charge is 0.408 e. The Balaban J connectivity index is 1.70. The molecular formula is C23H25F3N6O. The van der Waals surface area contributed by atoms with Crippen LogP contribution in [0, 0.1) is 17.2 Å². The lowest BCUT2D eigenvalue weighted by atomic mass is 9.85. The first-order valence-electron chi connectivity index (χ1n) is 10.8. The number of benzene rings is 1. The third kappa shape index (κ3) is 4.46. The van der Waals surface area contributed by atoms with Crippen molar-refractivity contribution >= 4 is 22.4 Å². The van der Waals surface area contributed by atoms with Gasteiger partial charge in [0.2, 0.25) is 0 Å². The molecule has 1 aromatic carbocycles. The lowest BCUT2D eigenvalue weighted by molar-refractivity contribution is -0.179. The van der Waals surface area contributed by atoms with Crippen LogP contribution in [0.15, 0.2) is 41.3 Å². The van der Waals surface area contributed by atoms with Crippen LogP contribution in [0.1, 0.15) is 43.3 Å². The van der Waals surface area contributed by atoms with Crippen LogP contribution in [-0.4, -0.2) is 39.9 Å². The van der Waals surface area contributed by atoms with E-state index in [4.69, 9.17) is 0 Å². The van der Waals surface area contributed by atoms with Crippen molar-refractivity contribution in [2.24, 2.45) is 5.92 Å². The van der Waals surface area contributed by atoms with Gasteiger partial charge in [0.25, 0.3) is 5.56 Å². The van der Waals surface area contributed by atoms with Gasteiger partial charge in [-0.25, -0.2) is 0 Å². The predicted octanol–water partition coefficient (Wildman–Crippen LogP) is 4.89. The minimum Gasteiger partial charge on any atom is -0.338 e. The van der Waals surface area contributed by atoms with Crippen molar-refractivity contribution in [2.75, 3.05) is 19.4 Å². The SMILES string of the molecule is CN(C)[C@H](c1ccc(Nc2nn([C@H]3CCCC[C@@H]3C#N)c3cc[nH]c(=O)c23)cc1)C(F)(F)F. The van der Waals surface area contributed by atoms with Gasteiger partial charge in [0.05, 0.1) is 23.5 Å². The minimum absolute atomic E-state index is 0.116. The monoisotopic (exact) mass is 458 g/mol. The fourth-order valence-corrected chi connectivity index (χ4v) is 4.66. The molecule has 1 aliphatic carbocycles. The third-order valence-corrected chi connectivity index (χ3v) is 6.16. The smallest absolute Gasteiger partial charge is 0.338 e. The summed E-state index contributed by atoms with van der Waals surface area (Å²) < 4.78 is 42.0. The van der Waals surface area contributed by atoms with Crippen LogP contribution in [-0.2, 0) is 0 Å². The number of hydrogen-bond acceptors (Lipinski definition) is 5. The van der Waals surface area contributed by atoms with Crippen molar-refractivity contribution in [3.63, 3.8) is 0 Å². The van der Waals surface area contributed by atoms with Crippen molar-refractivity contribution in [1.29, 1.82) is 5.26 Å². The van der Waals surface area contributed by atoms with Gasteiger partial charge in [-0.05, 0) is 50.7 Å². The first-order chi connectivity index (χ1) is 15.7. The zero-order chi connectivity index (χ0) is 23.8. The molecule has 0 amide bonds. The summed E-state index contributed by atoms with van der Waals surface area (Å²) in [5, 5.41) is 17.7. The van der Waals surface area contributed by atoms with E-state index in [0.717, 1.165) is 30.6 Å². The highest BCUT2D eigenvalue weighted by atomic mass is 19.4. The normalized spacial score (nSPS) is 20.0. The molecule has 2 heterocycles. The maximum absolute atomic E-state index is 13.4. The van der Waals surface area contributed by atoms with Gasteiger partial charge in [0.15, 0.2) is 5.82 Å². The van der Waals surface area contributed by atoms with E-state index in [1.165, 1.54) is 38.4 Å². The molecule has 0 unspecified atom stereocenters. The van der Waals surface area contributed by atoms with E-state index in [1.54, 1.807) is 16.9 Å². The topological polar surface area (TPSA) is 89.7 Å². The fraction of sp³-hybridized carbons (Fsp3) is 0.435. The van der Waals surface area contributed by atoms with Crippen LogP contribution in [0.5, 0.6) is 0 Å². The molecule has 10 heteroatoms. The molecule has 33 heavy (non-hydrogen) atoms. The van der Waals surface area contributed by atoms with E-state index in [9.17, 15) is 23.2 Å². The van der Waals surface area contributed by atoms with E-state index in [0.29, 0.717) is 22.4 Å². The van der Waals surface area contributed by atoms with Gasteiger partial charge in [-0.3, -0.25) is 14.4 Å². The van der Waals surface area contributed by atoms with Gasteiger partial charge in [0, 0.05) is 11.9 Å². The number of aromatic amines is 1. The van der Waals surface area contributed by atoms with Gasteiger partial charge in [0.1, 0.15) is 11.4 Å². The van der Waals surface area contributed by atoms with Crippen molar-refractivity contribution in [3.8, 4) is 6.07 Å². The highest BCUT2D eigenvalue weighted by molar-refractivity contribution is 5.91. The molecule has 3 aromatic rings.